The van der Waals surface area contributed by atoms with Crippen LogP contribution in [0.3, 0.4) is 0 Å². The highest BCUT2D eigenvalue weighted by Gasteiger charge is 2.25. The third-order valence-electron chi connectivity index (χ3n) is 2.82. The van der Waals surface area contributed by atoms with Gasteiger partial charge in [0, 0.05) is 0 Å². The van der Waals surface area contributed by atoms with Crippen LogP contribution in [0.25, 0.3) is 0 Å². The van der Waals surface area contributed by atoms with Gasteiger partial charge in [0.1, 0.15) is 0 Å². The molecule has 1 heterocycles. The van der Waals surface area contributed by atoms with Gasteiger partial charge in [0.15, 0.2) is 0 Å². The minimum atomic E-state index is -1.34. The lowest BCUT2D eigenvalue weighted by molar-refractivity contribution is 0.275. The van der Waals surface area contributed by atoms with E-state index in [2.05, 4.69) is 0 Å². The van der Waals surface area contributed by atoms with Crippen LogP contribution in [-0.4, -0.2) is 29.3 Å². The number of benzene rings is 2. The van der Waals surface area contributed by atoms with Crippen molar-refractivity contribution in [3.8, 4) is 0 Å². The maximum atomic E-state index is 9.16. The van der Waals surface area contributed by atoms with E-state index in [1.807, 2.05) is 30.3 Å². The summed E-state index contributed by atoms with van der Waals surface area (Å²) in [6.07, 6.45) is 0. The number of rotatable bonds is 1. The molecule has 0 aromatic heterocycles. The second-order valence-corrected chi connectivity index (χ2v) is 4.15. The molecule has 1 aliphatic heterocycles. The number of hydrogen-bond donors (Lipinski definition) is 3. The summed E-state index contributed by atoms with van der Waals surface area (Å²) < 4.78 is 4.98. The van der Waals surface area contributed by atoms with E-state index in [0.29, 0.717) is 12.1 Å². The van der Waals surface area contributed by atoms with E-state index in [0.717, 1.165) is 11.0 Å². The highest BCUT2D eigenvalue weighted by Crippen LogP contribution is 2.07. The Balaban J connectivity index is 0.000000141. The molecule has 0 fully saturated rings. The Labute approximate surface area is 112 Å². The van der Waals surface area contributed by atoms with Gasteiger partial charge in [-0.1, -0.05) is 54.6 Å². The molecule has 0 amide bonds. The highest BCUT2D eigenvalue weighted by molar-refractivity contribution is 6.61. The molecule has 0 atom stereocenters. The molecule has 0 saturated heterocycles. The summed E-state index contributed by atoms with van der Waals surface area (Å²) in [6, 6.07) is 16.3. The first-order chi connectivity index (χ1) is 9.18. The Morgan fingerprint density at radius 3 is 2.16 bits per heavy atom. The Hall–Kier alpha value is -1.59. The Bertz CT molecular complexity index is 519. The second kappa shape index (κ2) is 6.54. The van der Waals surface area contributed by atoms with Gasteiger partial charge >= 0.3 is 14.2 Å². The van der Waals surface area contributed by atoms with Crippen molar-refractivity contribution in [2.24, 2.45) is 0 Å². The van der Waals surface area contributed by atoms with Gasteiger partial charge < -0.3 is 19.7 Å². The zero-order valence-electron chi connectivity index (χ0n) is 10.3. The van der Waals surface area contributed by atoms with E-state index < -0.39 is 14.2 Å². The Morgan fingerprint density at radius 2 is 1.58 bits per heavy atom. The minimum Gasteiger partial charge on any atom is -0.423 e. The van der Waals surface area contributed by atoms with Gasteiger partial charge in [-0.2, -0.15) is 0 Å². The van der Waals surface area contributed by atoms with E-state index in [-0.39, 0.29) is 0 Å². The van der Waals surface area contributed by atoms with Crippen LogP contribution in [-0.2, 0) is 11.3 Å². The van der Waals surface area contributed by atoms with Crippen molar-refractivity contribution >= 4 is 25.2 Å². The summed E-state index contributed by atoms with van der Waals surface area (Å²) in [4.78, 5) is 0. The topological polar surface area (TPSA) is 69.9 Å². The van der Waals surface area contributed by atoms with Crippen molar-refractivity contribution in [3.05, 3.63) is 60.2 Å². The van der Waals surface area contributed by atoms with Crippen LogP contribution in [0.4, 0.5) is 0 Å². The van der Waals surface area contributed by atoms with Gasteiger partial charge in [-0.25, -0.2) is 0 Å². The van der Waals surface area contributed by atoms with E-state index in [9.17, 15) is 0 Å². The lowest BCUT2D eigenvalue weighted by atomic mass is 9.80. The fraction of sp³-hybridized carbons (Fsp3) is 0.0769. The molecule has 3 rings (SSSR count). The van der Waals surface area contributed by atoms with Crippen LogP contribution in [0.15, 0.2) is 54.6 Å². The molecule has 0 bridgehead atoms. The molecular formula is C13H14B2O4. The van der Waals surface area contributed by atoms with E-state index >= 15 is 0 Å². The first kappa shape index (κ1) is 13.8. The zero-order valence-corrected chi connectivity index (χ0v) is 10.3. The predicted molar refractivity (Wildman–Crippen MR) is 75.1 cm³/mol. The second-order valence-electron chi connectivity index (χ2n) is 4.15. The Morgan fingerprint density at radius 1 is 0.947 bits per heavy atom. The molecule has 2 aromatic rings. The maximum absolute atomic E-state index is 9.16. The van der Waals surface area contributed by atoms with Gasteiger partial charge in [-0.05, 0) is 16.5 Å². The molecule has 6 heteroatoms. The van der Waals surface area contributed by atoms with E-state index in [1.54, 1.807) is 24.3 Å². The van der Waals surface area contributed by atoms with E-state index in [1.165, 1.54) is 0 Å². The number of fused-ring (bicyclic) bond motifs is 1. The molecule has 0 saturated carbocycles. The van der Waals surface area contributed by atoms with E-state index in [4.69, 9.17) is 19.7 Å². The fourth-order valence-electron chi connectivity index (χ4n) is 1.79. The Kier molecular flexibility index (Phi) is 4.76. The van der Waals surface area contributed by atoms with Crippen molar-refractivity contribution < 1.29 is 19.7 Å². The maximum Gasteiger partial charge on any atom is 0.491 e. The lowest BCUT2D eigenvalue weighted by Crippen LogP contribution is -2.29. The first-order valence-electron chi connectivity index (χ1n) is 5.97. The molecule has 0 spiro atoms. The minimum absolute atomic E-state index is 0.525. The number of hydrogen-bond acceptors (Lipinski definition) is 4. The SMILES string of the molecule is OB(O)c1ccccc1.OB1OCc2ccccc21. The molecule has 0 aliphatic carbocycles. The summed E-state index contributed by atoms with van der Waals surface area (Å²) in [5.74, 6) is 0. The van der Waals surface area contributed by atoms with Crippen LogP contribution >= 0.6 is 0 Å². The van der Waals surface area contributed by atoms with Crippen molar-refractivity contribution in [3.63, 3.8) is 0 Å². The zero-order chi connectivity index (χ0) is 13.7. The summed E-state index contributed by atoms with van der Waals surface area (Å²) in [5, 5.41) is 26.3. The largest absolute Gasteiger partial charge is 0.491 e. The van der Waals surface area contributed by atoms with Crippen molar-refractivity contribution in [1.29, 1.82) is 0 Å². The van der Waals surface area contributed by atoms with Crippen molar-refractivity contribution in [2.45, 2.75) is 6.61 Å². The highest BCUT2D eigenvalue weighted by atomic mass is 16.5. The van der Waals surface area contributed by atoms with Crippen LogP contribution in [0.2, 0.25) is 0 Å². The fourth-order valence-corrected chi connectivity index (χ4v) is 1.79. The van der Waals surface area contributed by atoms with Crippen molar-refractivity contribution in [2.75, 3.05) is 0 Å². The summed E-state index contributed by atoms with van der Waals surface area (Å²) in [7, 11) is -2.04. The van der Waals surface area contributed by atoms with Gasteiger partial charge in [-0.15, -0.1) is 0 Å². The van der Waals surface area contributed by atoms with Gasteiger partial charge in [-0.3, -0.25) is 0 Å². The molecule has 1 aliphatic rings. The molecule has 0 radical (unpaired) electrons. The first-order valence-corrected chi connectivity index (χ1v) is 5.97. The van der Waals surface area contributed by atoms with Gasteiger partial charge in [0.05, 0.1) is 6.61 Å². The monoisotopic (exact) mass is 256 g/mol. The predicted octanol–water partition coefficient (Wildman–Crippen LogP) is -0.729. The van der Waals surface area contributed by atoms with Crippen LogP contribution in [0, 0.1) is 0 Å². The van der Waals surface area contributed by atoms with Crippen LogP contribution in [0.1, 0.15) is 5.56 Å². The molecule has 4 nitrogen and oxygen atoms in total. The molecule has 0 unspecified atom stereocenters. The summed E-state index contributed by atoms with van der Waals surface area (Å²) in [6.45, 7) is 0.539. The third kappa shape index (κ3) is 3.68. The summed E-state index contributed by atoms with van der Waals surface area (Å²) >= 11 is 0. The lowest BCUT2D eigenvalue weighted by Gasteiger charge is -1.94. The standard InChI is InChI=1S/C7H7BO2.C6H7BO2/c9-8-7-4-2-1-3-6(7)5-10-8;8-7(9)6-4-2-1-3-5-6/h1-4,9H,5H2;1-5,8-9H. The molecule has 96 valence electrons. The average Bonchev–Trinajstić information content (AvgIpc) is 2.83. The average molecular weight is 256 g/mol. The smallest absolute Gasteiger partial charge is 0.423 e. The van der Waals surface area contributed by atoms with Crippen LogP contribution in [0.5, 0.6) is 0 Å². The molecule has 2 aromatic carbocycles. The third-order valence-corrected chi connectivity index (χ3v) is 2.82. The van der Waals surface area contributed by atoms with Gasteiger partial charge in [0.25, 0.3) is 0 Å². The molecular weight excluding hydrogens is 242 g/mol. The molecule has 19 heavy (non-hydrogen) atoms. The quantitative estimate of drug-likeness (QED) is 0.588. The van der Waals surface area contributed by atoms with Crippen LogP contribution < -0.4 is 10.9 Å². The summed E-state index contributed by atoms with van der Waals surface area (Å²) in [5.41, 5.74) is 2.52. The van der Waals surface area contributed by atoms with Gasteiger partial charge in [0.2, 0.25) is 0 Å². The van der Waals surface area contributed by atoms with Crippen molar-refractivity contribution in [1.82, 2.24) is 0 Å². The molecule has 3 N–H and O–H groups in total. The normalized spacial score (nSPS) is 12.5.